The molecule has 0 unspecified atom stereocenters. The summed E-state index contributed by atoms with van der Waals surface area (Å²) >= 11 is 1.78. The van der Waals surface area contributed by atoms with Gasteiger partial charge in [0.25, 0.3) is 11.5 Å². The highest BCUT2D eigenvalue weighted by molar-refractivity contribution is 7.11. The highest BCUT2D eigenvalue weighted by Gasteiger charge is 2.31. The van der Waals surface area contributed by atoms with Gasteiger partial charge < -0.3 is 15.2 Å². The first kappa shape index (κ1) is 23.3. The maximum absolute atomic E-state index is 12.9. The SMILES string of the molecule is Cl.Cl.O=C(NCCc1nc2c(s1)CCCC2)c1ccc2n(c1=O)C[C@@H]1CNC[C@H]2C1. The molecule has 6 nitrogen and oxygen atoms in total. The van der Waals surface area contributed by atoms with Crippen LogP contribution >= 0.6 is 36.2 Å². The third-order valence-corrected chi connectivity index (χ3v) is 7.48. The molecule has 0 radical (unpaired) electrons. The smallest absolute Gasteiger partial charge is 0.263 e. The number of carbonyl (C=O) groups is 1. The van der Waals surface area contributed by atoms with E-state index in [0.29, 0.717) is 24.9 Å². The second kappa shape index (κ2) is 9.81. The van der Waals surface area contributed by atoms with Crippen molar-refractivity contribution in [3.8, 4) is 0 Å². The lowest BCUT2D eigenvalue weighted by Gasteiger charge is -2.37. The largest absolute Gasteiger partial charge is 0.351 e. The minimum absolute atomic E-state index is 0. The van der Waals surface area contributed by atoms with Crippen molar-refractivity contribution in [2.45, 2.75) is 51.0 Å². The van der Waals surface area contributed by atoms with Gasteiger partial charge in [0.2, 0.25) is 0 Å². The quantitative estimate of drug-likeness (QED) is 0.719. The molecule has 5 rings (SSSR count). The zero-order valence-corrected chi connectivity index (χ0v) is 19.3. The minimum atomic E-state index is -0.268. The van der Waals surface area contributed by atoms with Gasteiger partial charge in [0.1, 0.15) is 5.56 Å². The van der Waals surface area contributed by atoms with Crippen molar-refractivity contribution in [1.82, 2.24) is 20.2 Å². The van der Waals surface area contributed by atoms with E-state index in [4.69, 9.17) is 4.98 Å². The van der Waals surface area contributed by atoms with Crippen molar-refractivity contribution in [1.29, 1.82) is 0 Å². The number of aromatic nitrogens is 2. The average molecular weight is 471 g/mol. The molecule has 2 N–H and O–H groups in total. The molecule has 2 aromatic rings. The number of nitrogens with zero attached hydrogens (tertiary/aromatic N) is 2. The summed E-state index contributed by atoms with van der Waals surface area (Å²) in [5.74, 6) is 0.599. The number of piperidine rings is 1. The second-order valence-electron chi connectivity index (χ2n) is 8.24. The maximum atomic E-state index is 12.9. The molecule has 1 amide bonds. The van der Waals surface area contributed by atoms with E-state index in [2.05, 4.69) is 10.6 Å². The van der Waals surface area contributed by atoms with Crippen molar-refractivity contribution in [2.24, 2.45) is 5.92 Å². The summed E-state index contributed by atoms with van der Waals surface area (Å²) in [6.07, 6.45) is 6.57. The maximum Gasteiger partial charge on any atom is 0.263 e. The van der Waals surface area contributed by atoms with Gasteiger partial charge in [-0.25, -0.2) is 4.98 Å². The van der Waals surface area contributed by atoms with Gasteiger partial charge >= 0.3 is 0 Å². The van der Waals surface area contributed by atoms with E-state index in [0.717, 1.165) is 49.5 Å². The molecule has 2 aromatic heterocycles. The molecule has 1 aliphatic carbocycles. The molecule has 3 aliphatic rings. The van der Waals surface area contributed by atoms with E-state index >= 15 is 0 Å². The van der Waals surface area contributed by atoms with E-state index in [1.165, 1.54) is 23.4 Å². The van der Waals surface area contributed by atoms with Crippen molar-refractivity contribution >= 4 is 42.1 Å². The van der Waals surface area contributed by atoms with Crippen LogP contribution in [0.4, 0.5) is 0 Å². The van der Waals surface area contributed by atoms with Gasteiger partial charge in [-0.3, -0.25) is 9.59 Å². The number of hydrogen-bond donors (Lipinski definition) is 2. The third-order valence-electron chi connectivity index (χ3n) is 6.27. The third kappa shape index (κ3) is 4.44. The zero-order chi connectivity index (χ0) is 19.1. The van der Waals surface area contributed by atoms with Gasteiger partial charge in [-0.15, -0.1) is 36.2 Å². The van der Waals surface area contributed by atoms with Crippen LogP contribution in [0.3, 0.4) is 0 Å². The molecule has 2 atom stereocenters. The Hall–Kier alpha value is -1.41. The highest BCUT2D eigenvalue weighted by Crippen LogP contribution is 2.31. The number of thiazole rings is 1. The number of fused-ring (bicyclic) bond motifs is 5. The second-order valence-corrected chi connectivity index (χ2v) is 9.40. The van der Waals surface area contributed by atoms with Gasteiger partial charge in [0.05, 0.1) is 10.7 Å². The summed E-state index contributed by atoms with van der Waals surface area (Å²) in [5.41, 5.74) is 2.44. The predicted octanol–water partition coefficient (Wildman–Crippen LogP) is 2.71. The van der Waals surface area contributed by atoms with Crippen LogP contribution in [0.1, 0.15) is 56.8 Å². The average Bonchev–Trinajstić information content (AvgIpc) is 3.12. The fourth-order valence-corrected chi connectivity index (χ4v) is 6.01. The van der Waals surface area contributed by atoms with Gasteiger partial charge in [0, 0.05) is 42.5 Å². The number of aryl methyl sites for hydroxylation is 2. The first-order valence-corrected chi connectivity index (χ1v) is 11.2. The number of pyridine rings is 1. The molecule has 30 heavy (non-hydrogen) atoms. The lowest BCUT2D eigenvalue weighted by Crippen LogP contribution is -2.46. The highest BCUT2D eigenvalue weighted by atomic mass is 35.5. The van der Waals surface area contributed by atoms with Gasteiger partial charge in [-0.05, 0) is 56.7 Å². The Morgan fingerprint density at radius 3 is 2.90 bits per heavy atom. The van der Waals surface area contributed by atoms with E-state index in [1.807, 2.05) is 10.6 Å². The number of carbonyl (C=O) groups excluding carboxylic acids is 1. The number of amides is 1. The lowest BCUT2D eigenvalue weighted by atomic mass is 9.84. The van der Waals surface area contributed by atoms with Gasteiger partial charge in [0.15, 0.2) is 0 Å². The van der Waals surface area contributed by atoms with Crippen LogP contribution in [-0.4, -0.2) is 35.1 Å². The number of hydrogen-bond acceptors (Lipinski definition) is 5. The van der Waals surface area contributed by atoms with Crippen LogP contribution in [0, 0.1) is 5.92 Å². The van der Waals surface area contributed by atoms with Crippen LogP contribution in [-0.2, 0) is 25.8 Å². The molecular formula is C21H28Cl2N4O2S. The molecule has 0 spiro atoms. The first-order chi connectivity index (χ1) is 13.7. The molecule has 164 valence electrons. The van der Waals surface area contributed by atoms with Crippen molar-refractivity contribution in [3.63, 3.8) is 0 Å². The summed E-state index contributed by atoms with van der Waals surface area (Å²) < 4.78 is 1.84. The van der Waals surface area contributed by atoms with Crippen LogP contribution < -0.4 is 16.2 Å². The Morgan fingerprint density at radius 1 is 1.23 bits per heavy atom. The van der Waals surface area contributed by atoms with Crippen molar-refractivity contribution in [3.05, 3.63) is 49.3 Å². The number of rotatable bonds is 4. The number of halogens is 2. The molecule has 2 bridgehead atoms. The Kier molecular flexibility index (Phi) is 7.61. The first-order valence-electron chi connectivity index (χ1n) is 10.4. The topological polar surface area (TPSA) is 76.0 Å². The zero-order valence-electron chi connectivity index (χ0n) is 16.8. The van der Waals surface area contributed by atoms with Crippen LogP contribution in [0.15, 0.2) is 16.9 Å². The molecule has 0 aromatic carbocycles. The Labute approximate surface area is 192 Å². The molecule has 4 heterocycles. The standard InChI is InChI=1S/C21H26N4O2S.2ClH/c26-20(23-8-7-19-24-16-3-1-2-4-18(16)28-19)15-5-6-17-14-9-13(10-22-11-14)12-25(17)21(15)27;;/h5-6,13-14,22H,1-4,7-12H2,(H,23,26);2*1H/t13-,14+;;/m0../s1. The van der Waals surface area contributed by atoms with E-state index in [-0.39, 0.29) is 41.8 Å². The normalized spacial score (nSPS) is 21.5. The lowest BCUT2D eigenvalue weighted by molar-refractivity contribution is 0.0951. The van der Waals surface area contributed by atoms with Crippen LogP contribution in [0.25, 0.3) is 0 Å². The van der Waals surface area contributed by atoms with Gasteiger partial charge in [-0.2, -0.15) is 0 Å². The molecule has 1 saturated heterocycles. The molecular weight excluding hydrogens is 443 g/mol. The Balaban J connectivity index is 0.00000128. The summed E-state index contributed by atoms with van der Waals surface area (Å²) in [6, 6.07) is 3.68. The van der Waals surface area contributed by atoms with Crippen LogP contribution in [0.2, 0.25) is 0 Å². The van der Waals surface area contributed by atoms with Gasteiger partial charge in [-0.1, -0.05) is 0 Å². The minimum Gasteiger partial charge on any atom is -0.351 e. The van der Waals surface area contributed by atoms with E-state index in [9.17, 15) is 9.59 Å². The molecule has 1 fully saturated rings. The summed E-state index contributed by atoms with van der Waals surface area (Å²) in [4.78, 5) is 31.7. The summed E-state index contributed by atoms with van der Waals surface area (Å²) in [5, 5.41) is 7.47. The fourth-order valence-electron chi connectivity index (χ4n) is 4.85. The monoisotopic (exact) mass is 470 g/mol. The summed E-state index contributed by atoms with van der Waals surface area (Å²) in [6.45, 7) is 3.10. The fraction of sp³-hybridized carbons (Fsp3) is 0.571. The predicted molar refractivity (Wildman–Crippen MR) is 124 cm³/mol. The molecule has 9 heteroatoms. The van der Waals surface area contributed by atoms with Crippen LogP contribution in [0.5, 0.6) is 0 Å². The van der Waals surface area contributed by atoms with Crippen molar-refractivity contribution < 1.29 is 4.79 Å². The number of nitrogens with one attached hydrogen (secondary N) is 2. The van der Waals surface area contributed by atoms with E-state index < -0.39 is 0 Å². The Morgan fingerprint density at radius 2 is 2.07 bits per heavy atom. The van der Waals surface area contributed by atoms with E-state index in [1.54, 1.807) is 17.4 Å². The Bertz CT molecular complexity index is 951. The van der Waals surface area contributed by atoms with Crippen molar-refractivity contribution in [2.75, 3.05) is 19.6 Å². The molecule has 0 saturated carbocycles. The summed E-state index contributed by atoms with van der Waals surface area (Å²) in [7, 11) is 0. The molecule has 2 aliphatic heterocycles.